The summed E-state index contributed by atoms with van der Waals surface area (Å²) in [5, 5.41) is 8.54. The van der Waals surface area contributed by atoms with Crippen molar-refractivity contribution in [2.45, 2.75) is 13.0 Å². The number of pyridine rings is 1. The van der Waals surface area contributed by atoms with Crippen LogP contribution in [-0.2, 0) is 4.79 Å². The third-order valence-corrected chi connectivity index (χ3v) is 2.74. The minimum absolute atomic E-state index is 0.0709. The Balaban J connectivity index is 2.02. The molecular weight excluding hydrogens is 254 g/mol. The van der Waals surface area contributed by atoms with E-state index in [0.717, 1.165) is 11.6 Å². The third kappa shape index (κ3) is 3.95. The van der Waals surface area contributed by atoms with Gasteiger partial charge >= 0.3 is 5.97 Å². The van der Waals surface area contributed by atoms with E-state index in [2.05, 4.69) is 4.98 Å². The lowest BCUT2D eigenvalue weighted by molar-refractivity contribution is -0.131. The number of carbonyl (C=O) groups is 1. The number of benzene rings is 1. The molecule has 0 bridgehead atoms. The summed E-state index contributed by atoms with van der Waals surface area (Å²) in [4.78, 5) is 14.5. The van der Waals surface area contributed by atoms with Crippen LogP contribution >= 0.6 is 0 Å². The van der Waals surface area contributed by atoms with Gasteiger partial charge in [0, 0.05) is 6.08 Å². The first-order valence-corrected chi connectivity index (χ1v) is 6.24. The van der Waals surface area contributed by atoms with Gasteiger partial charge in [-0.05, 0) is 30.7 Å². The van der Waals surface area contributed by atoms with Crippen LogP contribution in [0, 0.1) is 0 Å². The second kappa shape index (κ2) is 6.52. The van der Waals surface area contributed by atoms with Gasteiger partial charge in [-0.1, -0.05) is 30.3 Å². The van der Waals surface area contributed by atoms with Gasteiger partial charge in [-0.15, -0.1) is 0 Å². The minimum atomic E-state index is -0.996. The zero-order valence-electron chi connectivity index (χ0n) is 11.1. The molecular formula is C16H15NO3. The smallest absolute Gasteiger partial charge is 0.328 e. The number of aliphatic carboxylic acids is 1. The fourth-order valence-corrected chi connectivity index (χ4v) is 1.71. The lowest BCUT2D eigenvalue weighted by Crippen LogP contribution is -2.03. The maximum absolute atomic E-state index is 10.4. The highest BCUT2D eigenvalue weighted by molar-refractivity contribution is 5.84. The second-order valence-corrected chi connectivity index (χ2v) is 4.26. The van der Waals surface area contributed by atoms with E-state index in [0.29, 0.717) is 11.4 Å². The lowest BCUT2D eigenvalue weighted by atomic mass is 10.1. The Morgan fingerprint density at radius 1 is 1.25 bits per heavy atom. The largest absolute Gasteiger partial charge is 0.484 e. The highest BCUT2D eigenvalue weighted by Gasteiger charge is 2.06. The van der Waals surface area contributed by atoms with E-state index in [1.54, 1.807) is 18.3 Å². The van der Waals surface area contributed by atoms with Gasteiger partial charge in [-0.3, -0.25) is 4.98 Å². The van der Waals surface area contributed by atoms with Gasteiger partial charge in [0.05, 0.1) is 11.9 Å². The van der Waals surface area contributed by atoms with Gasteiger partial charge in [-0.25, -0.2) is 4.79 Å². The van der Waals surface area contributed by atoms with E-state index in [1.807, 2.05) is 37.3 Å². The van der Waals surface area contributed by atoms with Crippen LogP contribution < -0.4 is 4.74 Å². The summed E-state index contributed by atoms with van der Waals surface area (Å²) >= 11 is 0. The molecule has 0 aliphatic carbocycles. The molecule has 4 heteroatoms. The quantitative estimate of drug-likeness (QED) is 0.846. The molecule has 0 radical (unpaired) electrons. The molecule has 1 aromatic heterocycles. The molecule has 4 nitrogen and oxygen atoms in total. The Morgan fingerprint density at radius 2 is 2.00 bits per heavy atom. The fourth-order valence-electron chi connectivity index (χ4n) is 1.71. The number of carboxylic acids is 1. The van der Waals surface area contributed by atoms with Crippen molar-refractivity contribution < 1.29 is 14.6 Å². The van der Waals surface area contributed by atoms with Crippen LogP contribution in [0.15, 0.2) is 54.7 Å². The zero-order valence-corrected chi connectivity index (χ0v) is 11.1. The Morgan fingerprint density at radius 3 is 2.60 bits per heavy atom. The molecule has 1 atom stereocenters. The molecule has 0 saturated heterocycles. The van der Waals surface area contributed by atoms with E-state index in [-0.39, 0.29) is 6.10 Å². The van der Waals surface area contributed by atoms with Crippen molar-refractivity contribution in [2.24, 2.45) is 0 Å². The number of ether oxygens (including phenoxy) is 1. The molecule has 102 valence electrons. The Kier molecular flexibility index (Phi) is 4.50. The summed E-state index contributed by atoms with van der Waals surface area (Å²) < 4.78 is 5.78. The second-order valence-electron chi connectivity index (χ2n) is 4.26. The number of hydrogen-bond acceptors (Lipinski definition) is 3. The number of carboxylic acid groups (broad SMARTS) is 1. The minimum Gasteiger partial charge on any atom is -0.484 e. The van der Waals surface area contributed by atoms with E-state index in [9.17, 15) is 4.79 Å². The van der Waals surface area contributed by atoms with Crippen LogP contribution in [0.25, 0.3) is 6.08 Å². The fraction of sp³-hybridized carbons (Fsp3) is 0.125. The summed E-state index contributed by atoms with van der Waals surface area (Å²) in [6, 6.07) is 13.4. The number of hydrogen-bond donors (Lipinski definition) is 1. The standard InChI is InChI=1S/C16H15NO3/c1-12(13-5-3-2-4-6-13)20-15-9-7-14(17-11-15)8-10-16(18)19/h2-12H,1H3,(H,18,19)/b10-8+. The van der Waals surface area contributed by atoms with Crippen molar-refractivity contribution in [3.05, 3.63) is 66.0 Å². The molecule has 1 aromatic carbocycles. The predicted molar refractivity (Wildman–Crippen MR) is 76.4 cm³/mol. The normalized spacial score (nSPS) is 12.2. The summed E-state index contributed by atoms with van der Waals surface area (Å²) in [7, 11) is 0. The maximum Gasteiger partial charge on any atom is 0.328 e. The predicted octanol–water partition coefficient (Wildman–Crippen LogP) is 3.32. The molecule has 20 heavy (non-hydrogen) atoms. The summed E-state index contributed by atoms with van der Waals surface area (Å²) in [5.74, 6) is -0.348. The lowest BCUT2D eigenvalue weighted by Gasteiger charge is -2.14. The van der Waals surface area contributed by atoms with Gasteiger partial charge in [0.15, 0.2) is 0 Å². The van der Waals surface area contributed by atoms with Crippen molar-refractivity contribution in [3.8, 4) is 5.75 Å². The molecule has 0 aliphatic rings. The van der Waals surface area contributed by atoms with E-state index >= 15 is 0 Å². The number of aromatic nitrogens is 1. The first-order valence-electron chi connectivity index (χ1n) is 6.24. The van der Waals surface area contributed by atoms with E-state index in [1.165, 1.54) is 6.08 Å². The first-order chi connectivity index (χ1) is 9.65. The van der Waals surface area contributed by atoms with Crippen LogP contribution in [0.3, 0.4) is 0 Å². The average molecular weight is 269 g/mol. The molecule has 1 unspecified atom stereocenters. The molecule has 0 amide bonds. The van der Waals surface area contributed by atoms with Crippen LogP contribution in [0.5, 0.6) is 5.75 Å². The van der Waals surface area contributed by atoms with Crippen molar-refractivity contribution in [1.82, 2.24) is 4.98 Å². The van der Waals surface area contributed by atoms with E-state index in [4.69, 9.17) is 9.84 Å². The maximum atomic E-state index is 10.4. The zero-order chi connectivity index (χ0) is 14.4. The van der Waals surface area contributed by atoms with Crippen LogP contribution in [0.4, 0.5) is 0 Å². The first kappa shape index (κ1) is 13.8. The van der Waals surface area contributed by atoms with E-state index < -0.39 is 5.97 Å². The van der Waals surface area contributed by atoms with Gasteiger partial charge in [0.2, 0.25) is 0 Å². The Hall–Kier alpha value is -2.62. The van der Waals surface area contributed by atoms with Crippen molar-refractivity contribution >= 4 is 12.0 Å². The summed E-state index contributed by atoms with van der Waals surface area (Å²) in [5.41, 5.74) is 1.66. The molecule has 1 heterocycles. The third-order valence-electron chi connectivity index (χ3n) is 2.74. The molecule has 0 aliphatic heterocycles. The molecule has 2 aromatic rings. The molecule has 0 fully saturated rings. The Labute approximate surface area is 117 Å². The van der Waals surface area contributed by atoms with Crippen molar-refractivity contribution in [1.29, 1.82) is 0 Å². The Bertz CT molecular complexity index is 591. The topological polar surface area (TPSA) is 59.4 Å². The highest BCUT2D eigenvalue weighted by atomic mass is 16.5. The monoisotopic (exact) mass is 269 g/mol. The SMILES string of the molecule is CC(Oc1ccc(/C=C/C(=O)O)nc1)c1ccccc1. The van der Waals surface area contributed by atoms with Crippen LogP contribution in [0.2, 0.25) is 0 Å². The average Bonchev–Trinajstić information content (AvgIpc) is 2.47. The van der Waals surface area contributed by atoms with Gasteiger partial charge in [0.25, 0.3) is 0 Å². The number of nitrogens with zero attached hydrogens (tertiary/aromatic N) is 1. The summed E-state index contributed by atoms with van der Waals surface area (Å²) in [6.45, 7) is 1.97. The molecule has 0 saturated carbocycles. The van der Waals surface area contributed by atoms with Gasteiger partial charge in [0.1, 0.15) is 11.9 Å². The molecule has 0 spiro atoms. The molecule has 1 N–H and O–H groups in total. The molecule has 2 rings (SSSR count). The van der Waals surface area contributed by atoms with Crippen LogP contribution in [-0.4, -0.2) is 16.1 Å². The highest BCUT2D eigenvalue weighted by Crippen LogP contribution is 2.20. The van der Waals surface area contributed by atoms with Crippen LogP contribution in [0.1, 0.15) is 24.3 Å². The van der Waals surface area contributed by atoms with Crippen molar-refractivity contribution in [3.63, 3.8) is 0 Å². The van der Waals surface area contributed by atoms with Gasteiger partial charge in [-0.2, -0.15) is 0 Å². The summed E-state index contributed by atoms with van der Waals surface area (Å²) in [6.07, 6.45) is 4.00. The van der Waals surface area contributed by atoms with Gasteiger partial charge < -0.3 is 9.84 Å². The number of rotatable bonds is 5. The van der Waals surface area contributed by atoms with Crippen molar-refractivity contribution in [2.75, 3.05) is 0 Å².